The number of aliphatic hydroxyl groups excluding tert-OH is 1. The Labute approximate surface area is 97.0 Å². The first-order valence-corrected chi connectivity index (χ1v) is 5.49. The van der Waals surface area contributed by atoms with Crippen LogP contribution in [0.1, 0.15) is 30.9 Å². The maximum absolute atomic E-state index is 12.0. The molecule has 1 aromatic carbocycles. The predicted octanol–water partition coefficient (Wildman–Crippen LogP) is 3.42. The summed E-state index contributed by atoms with van der Waals surface area (Å²) in [6.07, 6.45) is -2.47. The summed E-state index contributed by atoms with van der Waals surface area (Å²) in [5.74, 6) is -0.121. The number of ether oxygens (including phenoxy) is 1. The van der Waals surface area contributed by atoms with Gasteiger partial charge in [-0.3, -0.25) is 0 Å². The van der Waals surface area contributed by atoms with Crippen LogP contribution >= 0.6 is 0 Å². The lowest BCUT2D eigenvalue weighted by Gasteiger charge is -2.30. The molecule has 1 unspecified atom stereocenters. The molecule has 1 saturated carbocycles. The largest absolute Gasteiger partial charge is 0.573 e. The van der Waals surface area contributed by atoms with E-state index in [2.05, 4.69) is 4.74 Å². The Morgan fingerprint density at radius 2 is 2.00 bits per heavy atom. The maximum atomic E-state index is 12.0. The van der Waals surface area contributed by atoms with Crippen molar-refractivity contribution in [2.75, 3.05) is 0 Å². The Morgan fingerprint density at radius 3 is 2.53 bits per heavy atom. The van der Waals surface area contributed by atoms with Crippen molar-refractivity contribution in [2.24, 2.45) is 5.92 Å². The van der Waals surface area contributed by atoms with Crippen LogP contribution in [0, 0.1) is 5.92 Å². The molecule has 94 valence electrons. The van der Waals surface area contributed by atoms with E-state index in [1.54, 1.807) is 6.07 Å². The number of rotatable bonds is 3. The summed E-state index contributed by atoms with van der Waals surface area (Å²) in [7, 11) is 0. The van der Waals surface area contributed by atoms with E-state index in [9.17, 15) is 18.3 Å². The molecule has 2 nitrogen and oxygen atoms in total. The number of benzene rings is 1. The Balaban J connectivity index is 2.10. The molecule has 1 fully saturated rings. The number of hydrogen-bond donors (Lipinski definition) is 1. The number of aliphatic hydroxyl groups is 1. The zero-order valence-corrected chi connectivity index (χ0v) is 9.07. The van der Waals surface area contributed by atoms with Gasteiger partial charge in [-0.2, -0.15) is 0 Å². The van der Waals surface area contributed by atoms with Crippen LogP contribution in [0.5, 0.6) is 5.75 Å². The van der Waals surface area contributed by atoms with Crippen LogP contribution in [0.3, 0.4) is 0 Å². The third-order valence-corrected chi connectivity index (χ3v) is 3.03. The van der Waals surface area contributed by atoms with Crippen molar-refractivity contribution >= 4 is 0 Å². The van der Waals surface area contributed by atoms with Crippen LogP contribution in [0.2, 0.25) is 0 Å². The number of halogens is 3. The second-order valence-electron chi connectivity index (χ2n) is 4.26. The van der Waals surface area contributed by atoms with E-state index in [1.807, 2.05) is 0 Å². The molecule has 0 saturated heterocycles. The summed E-state index contributed by atoms with van der Waals surface area (Å²) >= 11 is 0. The normalized spacial score (nSPS) is 18.6. The molecule has 0 spiro atoms. The monoisotopic (exact) mass is 246 g/mol. The van der Waals surface area contributed by atoms with Gasteiger partial charge in [0.05, 0.1) is 6.10 Å². The quantitative estimate of drug-likeness (QED) is 0.885. The van der Waals surface area contributed by atoms with E-state index < -0.39 is 12.5 Å². The summed E-state index contributed by atoms with van der Waals surface area (Å²) in [4.78, 5) is 0. The van der Waals surface area contributed by atoms with Gasteiger partial charge in [-0.25, -0.2) is 0 Å². The molecule has 1 aliphatic rings. The molecule has 5 heteroatoms. The molecule has 17 heavy (non-hydrogen) atoms. The molecule has 1 atom stereocenters. The van der Waals surface area contributed by atoms with Gasteiger partial charge in [-0.1, -0.05) is 18.6 Å². The average molecular weight is 246 g/mol. The van der Waals surface area contributed by atoms with E-state index >= 15 is 0 Å². The SMILES string of the molecule is OC(c1cccc(OC(F)(F)F)c1)C1CCC1. The second-order valence-corrected chi connectivity index (χ2v) is 4.26. The number of hydrogen-bond acceptors (Lipinski definition) is 2. The van der Waals surface area contributed by atoms with Crippen LogP contribution in [-0.2, 0) is 0 Å². The molecule has 0 amide bonds. The first-order valence-electron chi connectivity index (χ1n) is 5.49. The lowest BCUT2D eigenvalue weighted by Crippen LogP contribution is -2.20. The van der Waals surface area contributed by atoms with Crippen LogP contribution < -0.4 is 4.74 Å². The molecule has 0 bridgehead atoms. The minimum atomic E-state index is -4.69. The van der Waals surface area contributed by atoms with Gasteiger partial charge >= 0.3 is 6.36 Å². The standard InChI is InChI=1S/C12H13F3O2/c13-12(14,15)17-10-6-2-5-9(7-10)11(16)8-3-1-4-8/h2,5-8,11,16H,1,3-4H2. The molecule has 1 N–H and O–H groups in total. The summed E-state index contributed by atoms with van der Waals surface area (Å²) in [5.41, 5.74) is 0.483. The maximum Gasteiger partial charge on any atom is 0.573 e. The fourth-order valence-electron chi connectivity index (χ4n) is 1.92. The fourth-order valence-corrected chi connectivity index (χ4v) is 1.92. The highest BCUT2D eigenvalue weighted by Gasteiger charge is 2.32. The van der Waals surface area contributed by atoms with Gasteiger partial charge in [-0.15, -0.1) is 13.2 Å². The van der Waals surface area contributed by atoms with Gasteiger partial charge in [-0.05, 0) is 36.5 Å². The van der Waals surface area contributed by atoms with Crippen LogP contribution in [-0.4, -0.2) is 11.5 Å². The van der Waals surface area contributed by atoms with E-state index in [-0.39, 0.29) is 11.7 Å². The summed E-state index contributed by atoms with van der Waals surface area (Å²) in [6.45, 7) is 0. The highest BCUT2D eigenvalue weighted by molar-refractivity contribution is 5.30. The Bertz CT molecular complexity index is 386. The molecular formula is C12H13F3O2. The molecular weight excluding hydrogens is 233 g/mol. The van der Waals surface area contributed by atoms with Gasteiger partial charge in [0.15, 0.2) is 0 Å². The van der Waals surface area contributed by atoms with Gasteiger partial charge < -0.3 is 9.84 Å². The molecule has 0 heterocycles. The molecule has 0 aromatic heterocycles. The smallest absolute Gasteiger partial charge is 0.406 e. The van der Waals surface area contributed by atoms with Crippen molar-refractivity contribution in [1.82, 2.24) is 0 Å². The zero-order valence-electron chi connectivity index (χ0n) is 9.07. The van der Waals surface area contributed by atoms with Gasteiger partial charge in [0.25, 0.3) is 0 Å². The average Bonchev–Trinajstić information content (AvgIpc) is 2.12. The molecule has 1 aliphatic carbocycles. The Morgan fingerprint density at radius 1 is 1.29 bits per heavy atom. The Hall–Kier alpha value is -1.23. The van der Waals surface area contributed by atoms with E-state index in [1.165, 1.54) is 18.2 Å². The van der Waals surface area contributed by atoms with Crippen LogP contribution in [0.25, 0.3) is 0 Å². The van der Waals surface area contributed by atoms with Crippen LogP contribution in [0.4, 0.5) is 13.2 Å². The van der Waals surface area contributed by atoms with Crippen molar-refractivity contribution in [1.29, 1.82) is 0 Å². The fraction of sp³-hybridized carbons (Fsp3) is 0.500. The van der Waals surface area contributed by atoms with Crippen molar-refractivity contribution in [3.63, 3.8) is 0 Å². The summed E-state index contributed by atoms with van der Waals surface area (Å²) in [5, 5.41) is 9.93. The predicted molar refractivity (Wildman–Crippen MR) is 55.4 cm³/mol. The lowest BCUT2D eigenvalue weighted by atomic mass is 9.79. The molecule has 2 rings (SSSR count). The number of alkyl halides is 3. The van der Waals surface area contributed by atoms with Crippen LogP contribution in [0.15, 0.2) is 24.3 Å². The second kappa shape index (κ2) is 4.56. The van der Waals surface area contributed by atoms with E-state index in [0.717, 1.165) is 19.3 Å². The third-order valence-electron chi connectivity index (χ3n) is 3.03. The first-order chi connectivity index (χ1) is 7.96. The summed E-state index contributed by atoms with van der Waals surface area (Å²) < 4.78 is 39.9. The molecule has 0 aliphatic heterocycles. The molecule has 0 radical (unpaired) electrons. The van der Waals surface area contributed by atoms with Gasteiger partial charge in [0.1, 0.15) is 5.75 Å². The van der Waals surface area contributed by atoms with E-state index in [4.69, 9.17) is 0 Å². The third kappa shape index (κ3) is 3.12. The topological polar surface area (TPSA) is 29.5 Å². The van der Waals surface area contributed by atoms with Crippen molar-refractivity contribution < 1.29 is 23.0 Å². The highest BCUT2D eigenvalue weighted by Crippen LogP contribution is 2.38. The zero-order chi connectivity index (χ0) is 12.5. The van der Waals surface area contributed by atoms with Crippen molar-refractivity contribution in [3.8, 4) is 5.75 Å². The van der Waals surface area contributed by atoms with Gasteiger partial charge in [0.2, 0.25) is 0 Å². The minimum Gasteiger partial charge on any atom is -0.406 e. The van der Waals surface area contributed by atoms with Gasteiger partial charge in [0, 0.05) is 0 Å². The first kappa shape index (κ1) is 12.2. The van der Waals surface area contributed by atoms with Crippen molar-refractivity contribution in [3.05, 3.63) is 29.8 Å². The minimum absolute atomic E-state index is 0.163. The summed E-state index contributed by atoms with van der Waals surface area (Å²) in [6, 6.07) is 5.55. The van der Waals surface area contributed by atoms with Crippen molar-refractivity contribution in [2.45, 2.75) is 31.7 Å². The highest BCUT2D eigenvalue weighted by atomic mass is 19.4. The lowest BCUT2D eigenvalue weighted by molar-refractivity contribution is -0.274. The van der Waals surface area contributed by atoms with E-state index in [0.29, 0.717) is 5.56 Å². The molecule has 1 aromatic rings. The Kier molecular flexibility index (Phi) is 3.28.